The van der Waals surface area contributed by atoms with E-state index in [-0.39, 0.29) is 0 Å². The lowest BCUT2D eigenvalue weighted by atomic mass is 9.95. The van der Waals surface area contributed by atoms with E-state index in [0.29, 0.717) is 23.5 Å². The van der Waals surface area contributed by atoms with Gasteiger partial charge in [-0.05, 0) is 31.0 Å². The van der Waals surface area contributed by atoms with Crippen molar-refractivity contribution in [3.05, 3.63) is 53.6 Å². The van der Waals surface area contributed by atoms with E-state index < -0.39 is 11.9 Å². The van der Waals surface area contributed by atoms with Crippen LogP contribution in [0.15, 0.2) is 42.5 Å². The molecule has 4 nitrogen and oxygen atoms in total. The van der Waals surface area contributed by atoms with Gasteiger partial charge in [0.2, 0.25) is 0 Å². The van der Waals surface area contributed by atoms with E-state index in [1.54, 1.807) is 18.2 Å². The highest BCUT2D eigenvalue weighted by Gasteiger charge is 2.24. The number of aryl methyl sites for hydroxylation is 1. The minimum absolute atomic E-state index is 0.472. The first kappa shape index (κ1) is 15.9. The van der Waals surface area contributed by atoms with Gasteiger partial charge in [0.05, 0.1) is 13.0 Å². The molecular formula is C18H20O4. The molecule has 0 aliphatic rings. The second-order valence-corrected chi connectivity index (χ2v) is 5.05. The summed E-state index contributed by atoms with van der Waals surface area (Å²) in [6.45, 7) is 3.80. The number of para-hydroxylation sites is 2. The molecule has 0 saturated heterocycles. The van der Waals surface area contributed by atoms with Gasteiger partial charge >= 0.3 is 5.97 Å². The fourth-order valence-electron chi connectivity index (χ4n) is 2.42. The number of carbonyl (C=O) groups is 1. The summed E-state index contributed by atoms with van der Waals surface area (Å²) in [6, 6.07) is 13.0. The molecule has 116 valence electrons. The highest BCUT2D eigenvalue weighted by atomic mass is 16.5. The number of methoxy groups -OCH3 is 1. The molecule has 0 fully saturated rings. The monoisotopic (exact) mass is 300 g/mol. The summed E-state index contributed by atoms with van der Waals surface area (Å²) in [5.74, 6) is 0.236. The van der Waals surface area contributed by atoms with Crippen LogP contribution in [-0.4, -0.2) is 18.2 Å². The van der Waals surface area contributed by atoms with Crippen LogP contribution in [0.5, 0.6) is 17.2 Å². The Bertz CT molecular complexity index is 664. The third-order valence-electron chi connectivity index (χ3n) is 3.61. The molecule has 1 N–H and O–H groups in total. The highest BCUT2D eigenvalue weighted by Crippen LogP contribution is 2.39. The molecule has 0 aliphatic heterocycles. The van der Waals surface area contributed by atoms with Gasteiger partial charge in [-0.3, -0.25) is 4.79 Å². The molecule has 4 heteroatoms. The molecule has 2 aromatic carbocycles. The summed E-state index contributed by atoms with van der Waals surface area (Å²) in [7, 11) is 1.53. The topological polar surface area (TPSA) is 55.8 Å². The number of hydrogen-bond donors (Lipinski definition) is 1. The zero-order valence-electron chi connectivity index (χ0n) is 13.0. The molecular weight excluding hydrogens is 280 g/mol. The van der Waals surface area contributed by atoms with Crippen LogP contribution in [0.4, 0.5) is 0 Å². The number of aliphatic carboxylic acids is 1. The Morgan fingerprint density at radius 1 is 1.14 bits per heavy atom. The number of rotatable bonds is 6. The Kier molecular flexibility index (Phi) is 5.04. The van der Waals surface area contributed by atoms with E-state index in [1.807, 2.05) is 38.1 Å². The third-order valence-corrected chi connectivity index (χ3v) is 3.61. The van der Waals surface area contributed by atoms with Crippen molar-refractivity contribution in [2.24, 2.45) is 0 Å². The summed E-state index contributed by atoms with van der Waals surface area (Å²) >= 11 is 0. The summed E-state index contributed by atoms with van der Waals surface area (Å²) in [5, 5.41) is 9.38. The third kappa shape index (κ3) is 3.22. The first-order chi connectivity index (χ1) is 10.6. The van der Waals surface area contributed by atoms with Crippen molar-refractivity contribution in [3.63, 3.8) is 0 Å². The van der Waals surface area contributed by atoms with Gasteiger partial charge in [0.15, 0.2) is 11.5 Å². The largest absolute Gasteiger partial charge is 0.493 e. The first-order valence-corrected chi connectivity index (χ1v) is 7.21. The zero-order chi connectivity index (χ0) is 16.1. The lowest BCUT2D eigenvalue weighted by molar-refractivity contribution is -0.138. The molecule has 0 aliphatic carbocycles. The average molecular weight is 300 g/mol. The van der Waals surface area contributed by atoms with Crippen molar-refractivity contribution in [2.75, 3.05) is 7.11 Å². The Hall–Kier alpha value is -2.49. The van der Waals surface area contributed by atoms with Crippen molar-refractivity contribution < 1.29 is 19.4 Å². The highest BCUT2D eigenvalue weighted by molar-refractivity contribution is 5.77. The van der Waals surface area contributed by atoms with E-state index in [9.17, 15) is 9.90 Å². The summed E-state index contributed by atoms with van der Waals surface area (Å²) in [6.07, 6.45) is 0.486. The predicted octanol–water partition coefficient (Wildman–Crippen LogP) is 4.37. The predicted molar refractivity (Wildman–Crippen MR) is 84.9 cm³/mol. The van der Waals surface area contributed by atoms with Crippen LogP contribution < -0.4 is 9.47 Å². The summed E-state index contributed by atoms with van der Waals surface area (Å²) in [4.78, 5) is 11.4. The van der Waals surface area contributed by atoms with Gasteiger partial charge in [0, 0.05) is 5.56 Å². The standard InChI is InChI=1S/C18H20O4/c1-4-13(18(19)20)14-9-7-11-16(17(14)21-3)22-15-10-6-5-8-12(15)2/h5-11,13H,4H2,1-3H3,(H,19,20). The number of carboxylic acids is 1. The molecule has 1 atom stereocenters. The van der Waals surface area contributed by atoms with E-state index in [1.165, 1.54) is 7.11 Å². The van der Waals surface area contributed by atoms with Crippen molar-refractivity contribution in [1.82, 2.24) is 0 Å². The van der Waals surface area contributed by atoms with Gasteiger partial charge < -0.3 is 14.6 Å². The van der Waals surface area contributed by atoms with Crippen molar-refractivity contribution in [3.8, 4) is 17.2 Å². The molecule has 0 saturated carbocycles. The number of ether oxygens (including phenoxy) is 2. The van der Waals surface area contributed by atoms with Gasteiger partial charge in [0.1, 0.15) is 5.75 Å². The molecule has 0 radical (unpaired) electrons. The maximum absolute atomic E-state index is 11.4. The molecule has 22 heavy (non-hydrogen) atoms. The number of benzene rings is 2. The molecule has 0 bridgehead atoms. The quantitative estimate of drug-likeness (QED) is 0.860. The second-order valence-electron chi connectivity index (χ2n) is 5.05. The van der Waals surface area contributed by atoms with Gasteiger partial charge in [-0.25, -0.2) is 0 Å². The zero-order valence-corrected chi connectivity index (χ0v) is 13.0. The van der Waals surface area contributed by atoms with Crippen LogP contribution in [0, 0.1) is 6.92 Å². The number of hydrogen-bond acceptors (Lipinski definition) is 3. The Balaban J connectivity index is 2.45. The fraction of sp³-hybridized carbons (Fsp3) is 0.278. The molecule has 2 rings (SSSR count). The Labute approximate surface area is 130 Å². The SMILES string of the molecule is CCC(C(=O)O)c1cccc(Oc2ccccc2C)c1OC. The maximum atomic E-state index is 11.4. The van der Waals surface area contributed by atoms with Crippen LogP contribution in [0.25, 0.3) is 0 Å². The molecule has 0 amide bonds. The molecule has 0 aromatic heterocycles. The summed E-state index contributed by atoms with van der Waals surface area (Å²) < 4.78 is 11.4. The summed E-state index contributed by atoms with van der Waals surface area (Å²) in [5.41, 5.74) is 1.63. The van der Waals surface area contributed by atoms with Crippen molar-refractivity contribution in [2.45, 2.75) is 26.2 Å². The fourth-order valence-corrected chi connectivity index (χ4v) is 2.42. The average Bonchev–Trinajstić information content (AvgIpc) is 2.50. The van der Waals surface area contributed by atoms with Crippen molar-refractivity contribution in [1.29, 1.82) is 0 Å². The lowest BCUT2D eigenvalue weighted by Crippen LogP contribution is -2.12. The van der Waals surface area contributed by atoms with Gasteiger partial charge in [-0.1, -0.05) is 37.3 Å². The van der Waals surface area contributed by atoms with E-state index in [2.05, 4.69) is 0 Å². The lowest BCUT2D eigenvalue weighted by Gasteiger charge is -2.18. The smallest absolute Gasteiger partial charge is 0.311 e. The Morgan fingerprint density at radius 2 is 1.82 bits per heavy atom. The van der Waals surface area contributed by atoms with E-state index >= 15 is 0 Å². The van der Waals surface area contributed by atoms with Crippen LogP contribution in [0.2, 0.25) is 0 Å². The van der Waals surface area contributed by atoms with Gasteiger partial charge in [0.25, 0.3) is 0 Å². The first-order valence-electron chi connectivity index (χ1n) is 7.21. The molecule has 2 aromatic rings. The van der Waals surface area contributed by atoms with Crippen LogP contribution in [0.3, 0.4) is 0 Å². The molecule has 0 heterocycles. The molecule has 0 spiro atoms. The van der Waals surface area contributed by atoms with Crippen LogP contribution >= 0.6 is 0 Å². The van der Waals surface area contributed by atoms with E-state index in [4.69, 9.17) is 9.47 Å². The normalized spacial score (nSPS) is 11.8. The molecule has 1 unspecified atom stereocenters. The van der Waals surface area contributed by atoms with Gasteiger partial charge in [-0.15, -0.1) is 0 Å². The second kappa shape index (κ2) is 6.98. The number of carboxylic acid groups (broad SMARTS) is 1. The van der Waals surface area contributed by atoms with Crippen LogP contribution in [0.1, 0.15) is 30.4 Å². The minimum Gasteiger partial charge on any atom is -0.493 e. The van der Waals surface area contributed by atoms with Gasteiger partial charge in [-0.2, -0.15) is 0 Å². The minimum atomic E-state index is -0.867. The van der Waals surface area contributed by atoms with Crippen molar-refractivity contribution >= 4 is 5.97 Å². The van der Waals surface area contributed by atoms with Crippen LogP contribution in [-0.2, 0) is 4.79 Å². The maximum Gasteiger partial charge on any atom is 0.311 e. The van der Waals surface area contributed by atoms with E-state index in [0.717, 1.165) is 11.3 Å². The Morgan fingerprint density at radius 3 is 2.41 bits per heavy atom.